The van der Waals surface area contributed by atoms with Gasteiger partial charge in [-0.15, -0.1) is 0 Å². The molecule has 8 nitrogen and oxygen atoms in total. The molecule has 0 aromatic heterocycles. The van der Waals surface area contributed by atoms with Crippen LogP contribution >= 0.6 is 15.9 Å². The summed E-state index contributed by atoms with van der Waals surface area (Å²) < 4.78 is 27.0. The van der Waals surface area contributed by atoms with E-state index in [4.69, 9.17) is 23.7 Å². The summed E-state index contributed by atoms with van der Waals surface area (Å²) in [7, 11) is 1.63. The normalized spacial score (nSPS) is 12.9. The minimum atomic E-state index is -0.608. The number of alkyl halides is 1. The van der Waals surface area contributed by atoms with Crippen molar-refractivity contribution < 1.29 is 33.3 Å². The molecule has 0 fully saturated rings. The highest BCUT2D eigenvalue weighted by Gasteiger charge is 2.28. The lowest BCUT2D eigenvalue weighted by atomic mass is 10.1. The fraction of sp³-hybridized carbons (Fsp3) is 0.692. The van der Waals surface area contributed by atoms with Gasteiger partial charge in [0.1, 0.15) is 23.6 Å². The van der Waals surface area contributed by atoms with Crippen LogP contribution in [0.1, 0.15) is 47.1 Å². The predicted octanol–water partition coefficient (Wildman–Crippen LogP) is 4.02. The Morgan fingerprint density at radius 1 is 0.857 bits per heavy atom. The van der Waals surface area contributed by atoms with E-state index in [9.17, 15) is 9.59 Å². The molecule has 0 heterocycles. The highest BCUT2D eigenvalue weighted by atomic mass is 79.9. The van der Waals surface area contributed by atoms with Gasteiger partial charge < -0.3 is 23.7 Å². The van der Waals surface area contributed by atoms with E-state index in [0.29, 0.717) is 38.2 Å². The van der Waals surface area contributed by atoms with Gasteiger partial charge in [0.2, 0.25) is 0 Å². The van der Waals surface area contributed by atoms with E-state index in [1.165, 1.54) is 0 Å². The van der Waals surface area contributed by atoms with Gasteiger partial charge in [-0.1, -0.05) is 28.1 Å². The van der Waals surface area contributed by atoms with Gasteiger partial charge in [0, 0.05) is 18.5 Å². The summed E-state index contributed by atoms with van der Waals surface area (Å²) in [4.78, 5) is 26.9. The summed E-state index contributed by atoms with van der Waals surface area (Å²) in [5.41, 5.74) is -0.163. The number of rotatable bonds is 15. The molecule has 1 unspecified atom stereocenters. The van der Waals surface area contributed by atoms with Gasteiger partial charge in [-0.25, -0.2) is 0 Å². The maximum Gasteiger partial charge on any atom is 0.320 e. The van der Waals surface area contributed by atoms with Crippen molar-refractivity contribution >= 4 is 27.9 Å². The first-order valence-corrected chi connectivity index (χ1v) is 13.0. The molecule has 0 saturated carbocycles. The van der Waals surface area contributed by atoms with Gasteiger partial charge in [0.25, 0.3) is 0 Å². The average Bonchev–Trinajstić information content (AvgIpc) is 2.72. The summed E-state index contributed by atoms with van der Waals surface area (Å²) in [5, 5.41) is 0.565. The largest absolute Gasteiger partial charge is 0.491 e. The minimum absolute atomic E-state index is 0.0168. The van der Waals surface area contributed by atoms with Gasteiger partial charge in [-0.05, 0) is 65.7 Å². The Morgan fingerprint density at radius 2 is 1.37 bits per heavy atom. The summed E-state index contributed by atoms with van der Waals surface area (Å²) >= 11 is 3.56. The second kappa shape index (κ2) is 15.4. The fourth-order valence-corrected chi connectivity index (χ4v) is 3.77. The van der Waals surface area contributed by atoms with Crippen LogP contribution in [-0.4, -0.2) is 86.0 Å². The number of benzene rings is 1. The first-order chi connectivity index (χ1) is 16.3. The number of esters is 2. The van der Waals surface area contributed by atoms with E-state index in [1.807, 2.05) is 65.8 Å². The zero-order chi connectivity index (χ0) is 26.5. The second-order valence-corrected chi connectivity index (χ2v) is 10.8. The Kier molecular flexibility index (Phi) is 13.8. The molecule has 1 aromatic rings. The molecule has 0 aliphatic rings. The van der Waals surface area contributed by atoms with Crippen LogP contribution in [0.25, 0.3) is 0 Å². The number of carbonyl (C=O) groups excluding carboxylic acids is 2. The van der Waals surface area contributed by atoms with Gasteiger partial charge in [-0.2, -0.15) is 0 Å². The second-order valence-electron chi connectivity index (χ2n) is 10.2. The van der Waals surface area contributed by atoms with Crippen LogP contribution in [0, 0.1) is 0 Å². The number of hydrogen-bond acceptors (Lipinski definition) is 8. The number of nitrogens with zero attached hydrogens (tertiary/aromatic N) is 1. The maximum absolute atomic E-state index is 12.6. The van der Waals surface area contributed by atoms with E-state index in [2.05, 4.69) is 15.9 Å². The topological polar surface area (TPSA) is 83.5 Å². The molecule has 0 amide bonds. The van der Waals surface area contributed by atoms with Crippen molar-refractivity contribution in [1.82, 2.24) is 4.90 Å². The highest BCUT2D eigenvalue weighted by molar-refractivity contribution is 9.09. The molecule has 0 spiro atoms. The summed E-state index contributed by atoms with van der Waals surface area (Å²) in [6.07, 6.45) is 0.622. The lowest BCUT2D eigenvalue weighted by Gasteiger charge is -2.31. The van der Waals surface area contributed by atoms with Gasteiger partial charge in [0.15, 0.2) is 0 Å². The van der Waals surface area contributed by atoms with Crippen LogP contribution in [0.2, 0.25) is 0 Å². The van der Waals surface area contributed by atoms with Crippen molar-refractivity contribution in [1.29, 1.82) is 0 Å². The van der Waals surface area contributed by atoms with E-state index < -0.39 is 11.2 Å². The number of methoxy groups -OCH3 is 1. The third kappa shape index (κ3) is 15.1. The molecule has 0 N–H and O–H groups in total. The number of carbonyl (C=O) groups is 2. The molecule has 35 heavy (non-hydrogen) atoms. The van der Waals surface area contributed by atoms with E-state index in [1.54, 1.807) is 12.0 Å². The zero-order valence-corrected chi connectivity index (χ0v) is 23.8. The Balaban J connectivity index is 2.81. The molecule has 1 aromatic carbocycles. The van der Waals surface area contributed by atoms with Crippen LogP contribution in [0.5, 0.6) is 5.75 Å². The number of ether oxygens (including phenoxy) is 5. The van der Waals surface area contributed by atoms with Crippen LogP contribution in [0.4, 0.5) is 0 Å². The van der Waals surface area contributed by atoms with Crippen LogP contribution in [-0.2, 0) is 35.0 Å². The van der Waals surface area contributed by atoms with Crippen molar-refractivity contribution in [3.63, 3.8) is 0 Å². The molecule has 0 aliphatic heterocycles. The number of halogens is 1. The maximum atomic E-state index is 12.6. The summed E-state index contributed by atoms with van der Waals surface area (Å²) in [6.45, 7) is 12.9. The monoisotopic (exact) mass is 559 g/mol. The third-order valence-electron chi connectivity index (χ3n) is 4.52. The van der Waals surface area contributed by atoms with Crippen LogP contribution < -0.4 is 4.74 Å². The van der Waals surface area contributed by atoms with Crippen LogP contribution in [0.3, 0.4) is 0 Å². The molecular formula is C26H42BrNO7. The number of hydrogen-bond donors (Lipinski definition) is 0. The summed E-state index contributed by atoms with van der Waals surface area (Å²) in [6, 6.07) is 7.64. The molecule has 0 aliphatic carbocycles. The Bertz CT molecular complexity index is 726. The molecule has 200 valence electrons. The van der Waals surface area contributed by atoms with E-state index >= 15 is 0 Å². The molecule has 0 radical (unpaired) electrons. The quantitative estimate of drug-likeness (QED) is 0.181. The van der Waals surface area contributed by atoms with Crippen molar-refractivity contribution in [2.75, 3.05) is 52.0 Å². The zero-order valence-electron chi connectivity index (χ0n) is 22.2. The first kappa shape index (κ1) is 31.4. The van der Waals surface area contributed by atoms with Crippen LogP contribution in [0.15, 0.2) is 24.3 Å². The first-order valence-electron chi connectivity index (χ1n) is 11.8. The third-order valence-corrected chi connectivity index (χ3v) is 5.27. The molecule has 1 rings (SSSR count). The van der Waals surface area contributed by atoms with Crippen molar-refractivity contribution in [2.45, 2.75) is 65.2 Å². The van der Waals surface area contributed by atoms with Crippen molar-refractivity contribution in [3.8, 4) is 5.75 Å². The van der Waals surface area contributed by atoms with E-state index in [0.717, 1.165) is 11.3 Å². The standard InChI is InChI=1S/C26H42BrNO7/c1-25(2,3)34-23(29)18-28(19-24(30)35-26(4,5)6)21(17-27)16-20-8-10-22(11-9-20)33-15-14-32-13-12-31-7/h8-11,21H,12-19H2,1-7H3. The Morgan fingerprint density at radius 3 is 1.83 bits per heavy atom. The van der Waals surface area contributed by atoms with E-state index in [-0.39, 0.29) is 31.1 Å². The average molecular weight is 561 g/mol. The smallest absolute Gasteiger partial charge is 0.320 e. The molecule has 0 saturated heterocycles. The lowest BCUT2D eigenvalue weighted by Crippen LogP contribution is -2.47. The fourth-order valence-electron chi connectivity index (χ4n) is 3.13. The van der Waals surface area contributed by atoms with Crippen molar-refractivity contribution in [2.24, 2.45) is 0 Å². The summed E-state index contributed by atoms with van der Waals surface area (Å²) in [5.74, 6) is -0.0224. The Hall–Kier alpha value is -1.68. The van der Waals surface area contributed by atoms with Gasteiger partial charge in [0.05, 0.1) is 32.9 Å². The molecule has 0 bridgehead atoms. The SMILES string of the molecule is COCCOCCOc1ccc(CC(CBr)N(CC(=O)OC(C)(C)C)CC(=O)OC(C)(C)C)cc1. The van der Waals surface area contributed by atoms with Gasteiger partial charge >= 0.3 is 11.9 Å². The Labute approximate surface area is 218 Å². The van der Waals surface area contributed by atoms with Gasteiger partial charge in [-0.3, -0.25) is 14.5 Å². The highest BCUT2D eigenvalue weighted by Crippen LogP contribution is 2.18. The molecule has 9 heteroatoms. The molecular weight excluding hydrogens is 518 g/mol. The lowest BCUT2D eigenvalue weighted by molar-refractivity contribution is -0.160. The minimum Gasteiger partial charge on any atom is -0.491 e. The molecule has 1 atom stereocenters. The van der Waals surface area contributed by atoms with Crippen molar-refractivity contribution in [3.05, 3.63) is 29.8 Å². The predicted molar refractivity (Wildman–Crippen MR) is 139 cm³/mol.